The van der Waals surface area contributed by atoms with Crippen LogP contribution in [0, 0.1) is 11.6 Å². The van der Waals surface area contributed by atoms with Gasteiger partial charge in [0.2, 0.25) is 5.91 Å². The third kappa shape index (κ3) is 2.51. The lowest BCUT2D eigenvalue weighted by Crippen LogP contribution is -2.39. The molecule has 1 aliphatic heterocycles. The summed E-state index contributed by atoms with van der Waals surface area (Å²) in [7, 11) is 0. The summed E-state index contributed by atoms with van der Waals surface area (Å²) in [5.74, 6) is -1.33. The second kappa shape index (κ2) is 4.83. The van der Waals surface area contributed by atoms with Crippen molar-refractivity contribution in [2.45, 2.75) is 31.3 Å². The maximum atomic E-state index is 13.8. The van der Waals surface area contributed by atoms with Crippen LogP contribution in [0.1, 0.15) is 19.3 Å². The lowest BCUT2D eigenvalue weighted by molar-refractivity contribution is -0.118. The van der Waals surface area contributed by atoms with Crippen LogP contribution in [0.15, 0.2) is 16.6 Å². The largest absolute Gasteiger partial charge is 0.308 e. The molecule has 19 heavy (non-hydrogen) atoms. The van der Waals surface area contributed by atoms with Crippen molar-refractivity contribution in [1.29, 1.82) is 0 Å². The fourth-order valence-electron chi connectivity index (χ4n) is 2.33. The molecule has 1 aromatic carbocycles. The number of carbonyl (C=O) groups is 1. The Morgan fingerprint density at radius 3 is 2.63 bits per heavy atom. The topological polar surface area (TPSA) is 32.3 Å². The molecule has 1 atom stereocenters. The minimum Gasteiger partial charge on any atom is -0.308 e. The molecule has 1 heterocycles. The van der Waals surface area contributed by atoms with Gasteiger partial charge < -0.3 is 10.2 Å². The van der Waals surface area contributed by atoms with Crippen LogP contribution in [0.2, 0.25) is 0 Å². The van der Waals surface area contributed by atoms with Gasteiger partial charge in [-0.3, -0.25) is 4.79 Å². The third-order valence-corrected chi connectivity index (χ3v) is 4.11. The molecular weight excluding hydrogens is 318 g/mol. The molecule has 2 fully saturated rings. The van der Waals surface area contributed by atoms with Crippen LogP contribution in [0.25, 0.3) is 0 Å². The number of nitrogens with zero attached hydrogens (tertiary/aromatic N) is 1. The van der Waals surface area contributed by atoms with E-state index in [2.05, 4.69) is 21.2 Å². The summed E-state index contributed by atoms with van der Waals surface area (Å²) in [4.78, 5) is 13.5. The summed E-state index contributed by atoms with van der Waals surface area (Å²) in [6, 6.07) is 2.27. The fourth-order valence-corrected chi connectivity index (χ4v) is 2.64. The minimum atomic E-state index is -0.589. The fraction of sp³-hybridized carbons (Fsp3) is 0.462. The zero-order valence-electron chi connectivity index (χ0n) is 10.1. The van der Waals surface area contributed by atoms with E-state index in [1.54, 1.807) is 0 Å². The number of carbonyl (C=O) groups excluding carboxylic acids is 1. The van der Waals surface area contributed by atoms with E-state index in [-0.39, 0.29) is 22.1 Å². The van der Waals surface area contributed by atoms with Gasteiger partial charge in [0, 0.05) is 18.7 Å². The number of benzene rings is 1. The lowest BCUT2D eigenvalue weighted by atomic mass is 10.2. The molecular formula is C13H13BrF2N2O. The molecule has 1 saturated carbocycles. The highest BCUT2D eigenvalue weighted by atomic mass is 79.9. The van der Waals surface area contributed by atoms with Crippen molar-refractivity contribution in [1.82, 2.24) is 5.32 Å². The number of hydrogen-bond donors (Lipinski definition) is 1. The Morgan fingerprint density at radius 2 is 1.95 bits per heavy atom. The van der Waals surface area contributed by atoms with Gasteiger partial charge in [-0.2, -0.15) is 0 Å². The second-order valence-electron chi connectivity index (χ2n) is 4.99. The Labute approximate surface area is 118 Å². The molecule has 2 aliphatic rings. The van der Waals surface area contributed by atoms with E-state index >= 15 is 0 Å². The van der Waals surface area contributed by atoms with Gasteiger partial charge >= 0.3 is 0 Å². The van der Waals surface area contributed by atoms with Crippen molar-refractivity contribution in [2.24, 2.45) is 0 Å². The van der Waals surface area contributed by atoms with Gasteiger partial charge in [0.25, 0.3) is 0 Å². The molecule has 0 radical (unpaired) electrons. The normalized spacial score (nSPS) is 23.2. The first-order chi connectivity index (χ1) is 9.06. The number of nitrogens with one attached hydrogen (secondary N) is 1. The molecule has 6 heteroatoms. The summed E-state index contributed by atoms with van der Waals surface area (Å²) in [5.41, 5.74) is 0.0193. The minimum absolute atomic E-state index is 0.0193. The van der Waals surface area contributed by atoms with E-state index in [1.165, 1.54) is 4.90 Å². The van der Waals surface area contributed by atoms with Crippen molar-refractivity contribution < 1.29 is 13.6 Å². The van der Waals surface area contributed by atoms with Crippen molar-refractivity contribution in [2.75, 3.05) is 11.4 Å². The highest BCUT2D eigenvalue weighted by molar-refractivity contribution is 9.10. The number of hydrogen-bond acceptors (Lipinski definition) is 2. The summed E-state index contributed by atoms with van der Waals surface area (Å²) in [6.45, 7) is 0.418. The van der Waals surface area contributed by atoms with E-state index in [9.17, 15) is 13.6 Å². The Morgan fingerprint density at radius 1 is 1.21 bits per heavy atom. The van der Waals surface area contributed by atoms with Crippen LogP contribution in [0.3, 0.4) is 0 Å². The zero-order chi connectivity index (χ0) is 13.6. The van der Waals surface area contributed by atoms with E-state index in [4.69, 9.17) is 0 Å². The first-order valence-electron chi connectivity index (χ1n) is 6.28. The Hall–Kier alpha value is -1.01. The zero-order valence-corrected chi connectivity index (χ0v) is 11.7. The Bertz CT molecular complexity index is 534. The Balaban J connectivity index is 1.82. The van der Waals surface area contributed by atoms with Gasteiger partial charge in [-0.25, -0.2) is 8.78 Å². The molecule has 1 saturated heterocycles. The Kier molecular flexibility index (Phi) is 3.30. The molecule has 0 bridgehead atoms. The molecule has 3 nitrogen and oxygen atoms in total. The molecule has 0 spiro atoms. The molecule has 1 unspecified atom stereocenters. The maximum Gasteiger partial charge on any atom is 0.244 e. The molecule has 3 rings (SSSR count). The van der Waals surface area contributed by atoms with Crippen LogP contribution < -0.4 is 10.2 Å². The van der Waals surface area contributed by atoms with Gasteiger partial charge in [0.1, 0.15) is 11.6 Å². The number of halogens is 3. The smallest absolute Gasteiger partial charge is 0.244 e. The first kappa shape index (κ1) is 13.0. The highest BCUT2D eigenvalue weighted by Gasteiger charge is 2.37. The van der Waals surface area contributed by atoms with Crippen LogP contribution >= 0.6 is 15.9 Å². The number of anilines is 1. The maximum absolute atomic E-state index is 13.8. The van der Waals surface area contributed by atoms with Crippen molar-refractivity contribution in [3.63, 3.8) is 0 Å². The van der Waals surface area contributed by atoms with Gasteiger partial charge in [-0.1, -0.05) is 0 Å². The first-order valence-corrected chi connectivity index (χ1v) is 7.07. The van der Waals surface area contributed by atoms with E-state index in [0.29, 0.717) is 19.0 Å². The summed E-state index contributed by atoms with van der Waals surface area (Å²) in [5, 5.41) is 3.23. The summed E-state index contributed by atoms with van der Waals surface area (Å²) < 4.78 is 27.4. The summed E-state index contributed by atoms with van der Waals surface area (Å²) >= 11 is 2.93. The predicted molar refractivity (Wildman–Crippen MR) is 71.0 cm³/mol. The molecule has 0 aromatic heterocycles. The number of rotatable bonds is 3. The summed E-state index contributed by atoms with van der Waals surface area (Å²) in [6.07, 6.45) is 2.81. The van der Waals surface area contributed by atoms with Crippen LogP contribution in [0.5, 0.6) is 0 Å². The second-order valence-corrected chi connectivity index (χ2v) is 5.84. The number of amides is 1. The molecule has 1 aromatic rings. The molecule has 1 aliphatic carbocycles. The van der Waals surface area contributed by atoms with Crippen molar-refractivity contribution >= 4 is 27.5 Å². The van der Waals surface area contributed by atoms with E-state index in [1.807, 2.05) is 0 Å². The molecule has 1 N–H and O–H groups in total. The van der Waals surface area contributed by atoms with E-state index in [0.717, 1.165) is 25.0 Å². The van der Waals surface area contributed by atoms with E-state index < -0.39 is 11.6 Å². The monoisotopic (exact) mass is 330 g/mol. The van der Waals surface area contributed by atoms with Crippen molar-refractivity contribution in [3.05, 3.63) is 28.2 Å². The predicted octanol–water partition coefficient (Wildman–Crippen LogP) is 2.58. The SMILES string of the molecule is O=C1C(NC2CC2)CCN1c1cc(F)c(Br)cc1F. The molecule has 1 amide bonds. The quantitative estimate of drug-likeness (QED) is 0.864. The average Bonchev–Trinajstić information content (AvgIpc) is 3.10. The standard InChI is InChI=1S/C13H13BrF2N2O/c14-8-5-10(16)12(6-9(8)15)18-4-3-11(13(18)19)17-7-1-2-7/h5-7,11,17H,1-4H2. The van der Waals surface area contributed by atoms with Gasteiger partial charge in [-0.15, -0.1) is 0 Å². The van der Waals surface area contributed by atoms with Gasteiger partial charge in [0.05, 0.1) is 16.2 Å². The van der Waals surface area contributed by atoms with Crippen LogP contribution in [-0.2, 0) is 4.79 Å². The lowest BCUT2D eigenvalue weighted by Gasteiger charge is -2.18. The third-order valence-electron chi connectivity index (χ3n) is 3.50. The average molecular weight is 331 g/mol. The van der Waals surface area contributed by atoms with Crippen molar-refractivity contribution in [3.8, 4) is 0 Å². The van der Waals surface area contributed by atoms with Gasteiger partial charge in [-0.05, 0) is 41.3 Å². The highest BCUT2D eigenvalue weighted by Crippen LogP contribution is 2.30. The van der Waals surface area contributed by atoms with Crippen LogP contribution in [0.4, 0.5) is 14.5 Å². The van der Waals surface area contributed by atoms with Crippen LogP contribution in [-0.4, -0.2) is 24.5 Å². The molecule has 102 valence electrons. The van der Waals surface area contributed by atoms with Gasteiger partial charge in [0.15, 0.2) is 0 Å².